The van der Waals surface area contributed by atoms with Gasteiger partial charge in [0.05, 0.1) is 0 Å². The average molecular weight is 370 g/mol. The molecule has 0 saturated carbocycles. The highest BCUT2D eigenvalue weighted by atomic mass is 31.2. The summed E-state index contributed by atoms with van der Waals surface area (Å²) in [5, 5.41) is 9.12. The van der Waals surface area contributed by atoms with Crippen LogP contribution in [-0.4, -0.2) is 36.3 Å². The molecule has 2 unspecified atom stereocenters. The summed E-state index contributed by atoms with van der Waals surface area (Å²) in [5.41, 5.74) is 1.22. The van der Waals surface area contributed by atoms with Gasteiger partial charge in [0.25, 0.3) is 0 Å². The summed E-state index contributed by atoms with van der Waals surface area (Å²) in [6, 6.07) is 10.1. The number of carbonyl (C=O) groups is 1. The molecule has 1 N–H and O–H groups in total. The summed E-state index contributed by atoms with van der Waals surface area (Å²) in [6.07, 6.45) is 2.42. The van der Waals surface area contributed by atoms with Crippen LogP contribution >= 0.6 is 7.37 Å². The zero-order valence-corrected chi connectivity index (χ0v) is 16.4. The van der Waals surface area contributed by atoms with Gasteiger partial charge in [0.15, 0.2) is 6.29 Å². The molecule has 0 saturated heterocycles. The number of hydrogen-bond donors (Lipinski definition) is 1. The van der Waals surface area contributed by atoms with Crippen molar-refractivity contribution in [3.05, 3.63) is 35.9 Å². The second-order valence-corrected chi connectivity index (χ2v) is 9.22. The van der Waals surface area contributed by atoms with Gasteiger partial charge in [-0.15, -0.1) is 0 Å². The third kappa shape index (κ3) is 9.20. The van der Waals surface area contributed by atoms with Crippen molar-refractivity contribution in [2.75, 3.05) is 18.9 Å². The smallest absolute Gasteiger partial charge is 0.313 e. The van der Waals surface area contributed by atoms with E-state index in [-0.39, 0.29) is 12.1 Å². The van der Waals surface area contributed by atoms with E-state index in [2.05, 4.69) is 12.1 Å². The summed E-state index contributed by atoms with van der Waals surface area (Å²) in [5.74, 6) is -1.08. The minimum Gasteiger partial charge on any atom is -0.481 e. The maximum absolute atomic E-state index is 13.0. The molecule has 0 amide bonds. The van der Waals surface area contributed by atoms with Crippen LogP contribution in [0.2, 0.25) is 0 Å². The predicted octanol–water partition coefficient (Wildman–Crippen LogP) is 4.80. The normalized spacial score (nSPS) is 15.0. The first kappa shape index (κ1) is 21.9. The van der Waals surface area contributed by atoms with Gasteiger partial charge in [-0.1, -0.05) is 51.1 Å². The first-order valence-corrected chi connectivity index (χ1v) is 11.0. The van der Waals surface area contributed by atoms with Crippen molar-refractivity contribution < 1.29 is 23.7 Å². The molecule has 0 aliphatic carbocycles. The number of carboxylic acids is 1. The predicted molar refractivity (Wildman–Crippen MR) is 100 cm³/mol. The molecule has 1 aromatic carbocycles. The highest BCUT2D eigenvalue weighted by molar-refractivity contribution is 7.59. The Hall–Kier alpha value is -1.16. The molecule has 0 heterocycles. The molecule has 25 heavy (non-hydrogen) atoms. The van der Waals surface area contributed by atoms with Crippen LogP contribution in [0.4, 0.5) is 0 Å². The Morgan fingerprint density at radius 1 is 1.20 bits per heavy atom. The number of unbranched alkanes of at least 4 members (excludes halogenated alkanes) is 1. The molecule has 2 atom stereocenters. The minimum atomic E-state index is -3.27. The third-order valence-corrected chi connectivity index (χ3v) is 6.10. The van der Waals surface area contributed by atoms with Gasteiger partial charge in [-0.2, -0.15) is 0 Å². The lowest BCUT2D eigenvalue weighted by Gasteiger charge is -2.27. The largest absolute Gasteiger partial charge is 0.481 e. The monoisotopic (exact) mass is 370 g/mol. The van der Waals surface area contributed by atoms with Gasteiger partial charge in [0, 0.05) is 18.7 Å². The molecule has 0 fully saturated rings. The lowest BCUT2D eigenvalue weighted by atomic mass is 10.1. The lowest BCUT2D eigenvalue weighted by Crippen LogP contribution is -2.25. The van der Waals surface area contributed by atoms with E-state index in [4.69, 9.17) is 14.4 Å². The van der Waals surface area contributed by atoms with Crippen LogP contribution in [-0.2, 0) is 25.0 Å². The zero-order chi connectivity index (χ0) is 18.7. The van der Waals surface area contributed by atoms with Gasteiger partial charge in [0.2, 0.25) is 7.37 Å². The van der Waals surface area contributed by atoms with Crippen molar-refractivity contribution in [2.24, 2.45) is 5.92 Å². The first-order chi connectivity index (χ1) is 11.9. The van der Waals surface area contributed by atoms with Crippen molar-refractivity contribution in [1.82, 2.24) is 0 Å². The Labute approximate surface area is 151 Å². The number of carboxylic acid groups (broad SMARTS) is 1. The van der Waals surface area contributed by atoms with Gasteiger partial charge in [-0.05, 0) is 31.2 Å². The van der Waals surface area contributed by atoms with Crippen molar-refractivity contribution in [3.63, 3.8) is 0 Å². The molecule has 5 nitrogen and oxygen atoms in total. The number of aryl methyl sites for hydroxylation is 1. The molecule has 142 valence electrons. The van der Waals surface area contributed by atoms with Crippen LogP contribution in [0.25, 0.3) is 0 Å². The van der Waals surface area contributed by atoms with E-state index >= 15 is 0 Å². The Morgan fingerprint density at radius 2 is 1.88 bits per heavy atom. The summed E-state index contributed by atoms with van der Waals surface area (Å²) in [7, 11) is -3.27. The van der Waals surface area contributed by atoms with Crippen LogP contribution in [0.3, 0.4) is 0 Å². The van der Waals surface area contributed by atoms with Gasteiger partial charge >= 0.3 is 5.97 Å². The van der Waals surface area contributed by atoms with E-state index in [0.29, 0.717) is 13.0 Å². The minimum absolute atomic E-state index is 0.0120. The molecule has 0 radical (unpaired) electrons. The van der Waals surface area contributed by atoms with Gasteiger partial charge in [-0.3, -0.25) is 13.9 Å². The number of hydrogen-bond acceptors (Lipinski definition) is 4. The van der Waals surface area contributed by atoms with E-state index in [9.17, 15) is 9.36 Å². The first-order valence-electron chi connectivity index (χ1n) is 9.00. The fraction of sp³-hybridized carbons (Fsp3) is 0.632. The van der Waals surface area contributed by atoms with Gasteiger partial charge in [-0.25, -0.2) is 0 Å². The maximum Gasteiger partial charge on any atom is 0.313 e. The highest BCUT2D eigenvalue weighted by Gasteiger charge is 2.31. The van der Waals surface area contributed by atoms with Crippen LogP contribution < -0.4 is 0 Å². The van der Waals surface area contributed by atoms with Gasteiger partial charge < -0.3 is 9.84 Å². The summed E-state index contributed by atoms with van der Waals surface area (Å²) < 4.78 is 24.4. The standard InChI is InChI=1S/C19H31O5P/c1-4-13-23-19(16(2)3)24-25(22,15-18(20)21)14-9-8-12-17-10-6-5-7-11-17/h5-7,10-11,16,19H,4,8-9,12-15H2,1-3H3,(H,20,21). The van der Waals surface area contributed by atoms with Crippen molar-refractivity contribution >= 4 is 13.3 Å². The van der Waals surface area contributed by atoms with Crippen LogP contribution in [0, 0.1) is 5.92 Å². The summed E-state index contributed by atoms with van der Waals surface area (Å²) >= 11 is 0. The summed E-state index contributed by atoms with van der Waals surface area (Å²) in [4.78, 5) is 11.1. The SMILES string of the molecule is CCCOC(OP(=O)(CCCCc1ccccc1)CC(=O)O)C(C)C. The molecular formula is C19H31O5P. The molecule has 1 aromatic rings. The molecule has 0 aromatic heterocycles. The Bertz CT molecular complexity index is 544. The Kier molecular flexibility index (Phi) is 10.0. The van der Waals surface area contributed by atoms with Gasteiger partial charge in [0.1, 0.15) is 6.16 Å². The second kappa shape index (κ2) is 11.5. The quantitative estimate of drug-likeness (QED) is 0.307. The van der Waals surface area contributed by atoms with E-state index in [1.165, 1.54) is 5.56 Å². The van der Waals surface area contributed by atoms with Crippen molar-refractivity contribution in [2.45, 2.75) is 52.7 Å². The maximum atomic E-state index is 13.0. The molecule has 0 aliphatic heterocycles. The average Bonchev–Trinajstić information content (AvgIpc) is 2.55. The highest BCUT2D eigenvalue weighted by Crippen LogP contribution is 2.49. The fourth-order valence-electron chi connectivity index (χ4n) is 2.47. The topological polar surface area (TPSA) is 72.8 Å². The molecular weight excluding hydrogens is 339 g/mol. The third-order valence-electron chi connectivity index (χ3n) is 3.76. The van der Waals surface area contributed by atoms with E-state index in [1.807, 2.05) is 39.0 Å². The molecule has 6 heteroatoms. The molecule has 0 spiro atoms. The Balaban J connectivity index is 2.60. The van der Waals surface area contributed by atoms with Crippen molar-refractivity contribution in [3.8, 4) is 0 Å². The molecule has 1 rings (SSSR count). The second-order valence-electron chi connectivity index (χ2n) is 6.62. The number of ether oxygens (including phenoxy) is 1. The van der Waals surface area contributed by atoms with E-state index < -0.39 is 25.8 Å². The van der Waals surface area contributed by atoms with E-state index in [0.717, 1.165) is 19.3 Å². The summed E-state index contributed by atoms with van der Waals surface area (Å²) in [6.45, 7) is 6.32. The van der Waals surface area contributed by atoms with Crippen LogP contribution in [0.5, 0.6) is 0 Å². The molecule has 0 aliphatic rings. The lowest BCUT2D eigenvalue weighted by molar-refractivity contribution is -0.134. The Morgan fingerprint density at radius 3 is 2.44 bits per heavy atom. The number of benzene rings is 1. The molecule has 0 bridgehead atoms. The van der Waals surface area contributed by atoms with Crippen LogP contribution in [0.15, 0.2) is 30.3 Å². The van der Waals surface area contributed by atoms with E-state index in [1.54, 1.807) is 0 Å². The zero-order valence-electron chi connectivity index (χ0n) is 15.5. The fourth-order valence-corrected chi connectivity index (χ4v) is 4.61. The van der Waals surface area contributed by atoms with Crippen molar-refractivity contribution in [1.29, 1.82) is 0 Å². The number of aliphatic carboxylic acids is 1. The van der Waals surface area contributed by atoms with Crippen LogP contribution in [0.1, 0.15) is 45.6 Å². The number of rotatable bonds is 13.